The smallest absolute Gasteiger partial charge is 0.461 e. The molecule has 8 nitrogen and oxygen atoms in total. The summed E-state index contributed by atoms with van der Waals surface area (Å²) < 4.78 is 172. The van der Waals surface area contributed by atoms with Crippen molar-refractivity contribution in [2.75, 3.05) is 13.2 Å². The minimum atomic E-state index is -6.80. The van der Waals surface area contributed by atoms with Gasteiger partial charge in [-0.25, -0.2) is 9.59 Å². The lowest BCUT2D eigenvalue weighted by Crippen LogP contribution is -2.59. The predicted molar refractivity (Wildman–Crippen MR) is 83.3 cm³/mol. The first-order valence-electron chi connectivity index (χ1n) is 8.08. The first-order chi connectivity index (χ1) is 14.5. The second-order valence-electron chi connectivity index (χ2n) is 5.91. The largest absolute Gasteiger partial charge is 0.468 e. The van der Waals surface area contributed by atoms with Crippen molar-refractivity contribution in [1.82, 2.24) is 0 Å². The van der Waals surface area contributed by atoms with Crippen molar-refractivity contribution in [3.63, 3.8) is 0 Å². The molecule has 1 atom stereocenters. The van der Waals surface area contributed by atoms with Crippen LogP contribution in [0.25, 0.3) is 0 Å². The predicted octanol–water partition coefficient (Wildman–Crippen LogP) is 3.38. The number of esters is 2. The van der Waals surface area contributed by atoms with E-state index in [1.54, 1.807) is 0 Å². The molecule has 33 heavy (non-hydrogen) atoms. The van der Waals surface area contributed by atoms with Gasteiger partial charge in [-0.2, -0.15) is 52.3 Å². The lowest BCUT2D eigenvalue weighted by Gasteiger charge is -2.33. The summed E-state index contributed by atoms with van der Waals surface area (Å²) in [5.74, 6) is -16.7. The van der Waals surface area contributed by atoms with Crippen LogP contribution in [0.3, 0.4) is 0 Å². The number of hydrogen-bond donors (Lipinski definition) is 1. The minimum absolute atomic E-state index is 0.207. The zero-order valence-corrected chi connectivity index (χ0v) is 16.8. The van der Waals surface area contributed by atoms with Crippen LogP contribution < -0.4 is 0 Å². The second kappa shape index (κ2) is 10.00. The van der Waals surface area contributed by atoms with E-state index in [0.29, 0.717) is 0 Å². The van der Waals surface area contributed by atoms with Gasteiger partial charge in [-0.05, 0) is 6.42 Å². The van der Waals surface area contributed by atoms with Gasteiger partial charge in [0.15, 0.2) is 0 Å². The van der Waals surface area contributed by atoms with Gasteiger partial charge in [0, 0.05) is 6.42 Å². The van der Waals surface area contributed by atoms with E-state index in [1.165, 1.54) is 6.92 Å². The quantitative estimate of drug-likeness (QED) is 0.142. The molecule has 0 radical (unpaired) electrons. The molecule has 0 aliphatic rings. The van der Waals surface area contributed by atoms with E-state index in [2.05, 4.69) is 20.8 Å². The number of carbonyl (C=O) groups is 2. The fourth-order valence-electron chi connectivity index (χ4n) is 1.64. The Hall–Kier alpha value is -2.15. The highest BCUT2D eigenvalue weighted by Crippen LogP contribution is 2.43. The van der Waals surface area contributed by atoms with E-state index in [1.807, 2.05) is 0 Å². The van der Waals surface area contributed by atoms with Crippen LogP contribution in [-0.4, -0.2) is 67.4 Å². The average molecular weight is 532 g/mol. The molecule has 0 aromatic heterocycles. The minimum Gasteiger partial charge on any atom is -0.461 e. The van der Waals surface area contributed by atoms with Crippen molar-refractivity contribution < 1.29 is 80.7 Å². The third kappa shape index (κ3) is 6.92. The van der Waals surface area contributed by atoms with E-state index < -0.39 is 76.6 Å². The van der Waals surface area contributed by atoms with Gasteiger partial charge in [0.2, 0.25) is 0 Å². The van der Waals surface area contributed by atoms with Crippen LogP contribution in [-0.2, 0) is 33.9 Å². The number of halogens is 10. The molecule has 0 aromatic carbocycles. The van der Waals surface area contributed by atoms with E-state index in [0.717, 1.165) is 0 Å². The molecule has 0 bridgehead atoms. The monoisotopic (exact) mass is 532 g/mol. The average Bonchev–Trinajstić information content (AvgIpc) is 2.61. The Bertz CT molecular complexity index is 849. The Kier molecular flexibility index (Phi) is 9.35. The van der Waals surface area contributed by atoms with Crippen molar-refractivity contribution in [1.29, 1.82) is 0 Å². The van der Waals surface area contributed by atoms with Crippen molar-refractivity contribution in [3.05, 3.63) is 12.2 Å². The van der Waals surface area contributed by atoms with Gasteiger partial charge in [-0.15, -0.1) is 0 Å². The Balaban J connectivity index is 6.19. The molecule has 194 valence electrons. The van der Waals surface area contributed by atoms with Crippen LogP contribution in [0.2, 0.25) is 0 Å². The van der Waals surface area contributed by atoms with E-state index >= 15 is 0 Å². The molecule has 0 spiro atoms. The van der Waals surface area contributed by atoms with Gasteiger partial charge in [0.1, 0.15) is 5.57 Å². The molecule has 0 amide bonds. The molecule has 1 unspecified atom stereocenters. The molecule has 0 aliphatic heterocycles. The van der Waals surface area contributed by atoms with Gasteiger partial charge in [0.25, 0.3) is 0 Å². The first-order valence-corrected chi connectivity index (χ1v) is 9.52. The molecular weight excluding hydrogens is 518 g/mol. The number of rotatable bonds is 11. The van der Waals surface area contributed by atoms with Crippen molar-refractivity contribution in [3.8, 4) is 0 Å². The number of alkyl halides is 10. The molecule has 0 saturated carbocycles. The molecule has 19 heteroatoms. The highest BCUT2D eigenvalue weighted by atomic mass is 32.2. The molecule has 1 N–H and O–H groups in total. The molecule has 0 aliphatic carbocycles. The normalized spacial score (nSPS) is 15.5. The number of hydrogen-bond acceptors (Lipinski definition) is 7. The third-order valence-corrected chi connectivity index (χ3v) is 4.32. The lowest BCUT2D eigenvalue weighted by molar-refractivity contribution is -0.357. The van der Waals surface area contributed by atoms with E-state index in [4.69, 9.17) is 4.55 Å². The Morgan fingerprint density at radius 3 is 1.79 bits per heavy atom. The maximum Gasteiger partial charge on any atom is 0.468 e. The molecule has 0 aromatic rings. The van der Waals surface area contributed by atoms with Gasteiger partial charge in [-0.1, -0.05) is 13.5 Å². The molecule has 0 fully saturated rings. The lowest BCUT2D eigenvalue weighted by atomic mass is 10.2. The second-order valence-corrected chi connectivity index (χ2v) is 7.37. The van der Waals surface area contributed by atoms with Gasteiger partial charge in [0.05, 0.1) is 13.2 Å². The zero-order valence-electron chi connectivity index (χ0n) is 16.0. The van der Waals surface area contributed by atoms with Crippen LogP contribution in [0.4, 0.5) is 43.9 Å². The Morgan fingerprint density at radius 1 is 0.939 bits per heavy atom. The molecule has 0 saturated heterocycles. The molecule has 0 heterocycles. The van der Waals surface area contributed by atoms with Crippen LogP contribution in [0.1, 0.15) is 19.8 Å². The van der Waals surface area contributed by atoms with Crippen LogP contribution in [0.5, 0.6) is 0 Å². The fourth-order valence-corrected chi connectivity index (χ4v) is 2.12. The highest BCUT2D eigenvalue weighted by molar-refractivity contribution is 7.87. The molecule has 0 rings (SSSR count). The summed E-state index contributed by atoms with van der Waals surface area (Å²) in [5, 5.41) is -6.26. The van der Waals surface area contributed by atoms with Crippen LogP contribution >= 0.6 is 0 Å². The van der Waals surface area contributed by atoms with Crippen molar-refractivity contribution >= 4 is 22.1 Å². The summed E-state index contributed by atoms with van der Waals surface area (Å²) in [6.45, 7) is 0.0748. The Morgan fingerprint density at radius 2 is 1.42 bits per heavy atom. The summed E-state index contributed by atoms with van der Waals surface area (Å²) in [6, 6.07) is 0. The van der Waals surface area contributed by atoms with Gasteiger partial charge < -0.3 is 14.2 Å². The van der Waals surface area contributed by atoms with Crippen molar-refractivity contribution in [2.45, 2.75) is 49.1 Å². The number of carbonyl (C=O) groups excluding carboxylic acids is 2. The molecular formula is C14H14F10O8S. The fraction of sp³-hybridized carbons (Fsp3) is 0.714. The summed E-state index contributed by atoms with van der Waals surface area (Å²) in [7, 11) is -6.80. The topological polar surface area (TPSA) is 116 Å². The number of ether oxygens (including phenoxy) is 3. The van der Waals surface area contributed by atoms with E-state index in [-0.39, 0.29) is 6.42 Å². The van der Waals surface area contributed by atoms with Gasteiger partial charge >= 0.3 is 51.4 Å². The summed E-state index contributed by atoms with van der Waals surface area (Å²) in [6.07, 6.45) is -14.9. The summed E-state index contributed by atoms with van der Waals surface area (Å²) in [4.78, 5) is 23.3. The SMILES string of the molecule is C=C(C(=O)OC(OCCC(F)(F)C(F)(F)S(=O)(=O)O)(C(=O)OCCC)C(F)(F)F)C(F)(F)F. The van der Waals surface area contributed by atoms with Gasteiger partial charge in [-0.3, -0.25) is 4.55 Å². The standard InChI is InChI=1S/C14H14F10O8S/c1-3-5-30-9(26)11(13(20,21)22,32-8(25)7(2)12(17,18)19)31-6-4-10(15,16)14(23,24)33(27,28)29/h2-6H2,1H3,(H,27,28,29). The summed E-state index contributed by atoms with van der Waals surface area (Å²) in [5.41, 5.74) is -2.61. The van der Waals surface area contributed by atoms with Crippen molar-refractivity contribution in [2.24, 2.45) is 0 Å². The maximum atomic E-state index is 13.5. The summed E-state index contributed by atoms with van der Waals surface area (Å²) >= 11 is 0. The Labute approximate surface area is 178 Å². The van der Waals surface area contributed by atoms with Crippen LogP contribution in [0, 0.1) is 0 Å². The third-order valence-electron chi connectivity index (χ3n) is 3.38. The van der Waals surface area contributed by atoms with E-state index in [9.17, 15) is 61.9 Å². The van der Waals surface area contributed by atoms with Crippen LogP contribution in [0.15, 0.2) is 12.2 Å². The zero-order chi connectivity index (χ0) is 26.7. The maximum absolute atomic E-state index is 13.5. The first kappa shape index (κ1) is 30.9. The highest BCUT2D eigenvalue weighted by Gasteiger charge is 2.70.